The van der Waals surface area contributed by atoms with Gasteiger partial charge in [0.25, 0.3) is 0 Å². The second-order valence-electron chi connectivity index (χ2n) is 2.95. The molecule has 0 saturated carbocycles. The average molecular weight is 328 g/mol. The van der Waals surface area contributed by atoms with E-state index < -0.39 is 0 Å². The molecular weight excluding hydrogens is 320 g/mol. The topological polar surface area (TPSA) is 24.9 Å². The maximum Gasteiger partial charge on any atom is 0.129 e. The molecule has 0 saturated heterocycles. The van der Waals surface area contributed by atoms with Crippen LogP contribution in [0, 0.1) is 0 Å². The van der Waals surface area contributed by atoms with Crippen LogP contribution in [0.2, 0.25) is 0 Å². The fraction of sp³-hybridized carbons (Fsp3) is 0. The smallest absolute Gasteiger partial charge is 0.129 e. The molecule has 0 spiro atoms. The van der Waals surface area contributed by atoms with E-state index in [0.29, 0.717) is 0 Å². The summed E-state index contributed by atoms with van der Waals surface area (Å²) in [6.45, 7) is 0. The van der Waals surface area contributed by atoms with Crippen molar-refractivity contribution in [2.75, 3.05) is 5.32 Å². The molecule has 1 N–H and O–H groups in total. The molecule has 0 aliphatic heterocycles. The molecule has 1 heterocycles. The zero-order valence-electron chi connectivity index (χ0n) is 7.74. The number of pyridine rings is 1. The van der Waals surface area contributed by atoms with Gasteiger partial charge in [0.15, 0.2) is 0 Å². The lowest BCUT2D eigenvalue weighted by atomic mass is 10.3. The van der Waals surface area contributed by atoms with Crippen LogP contribution in [0.15, 0.2) is 51.7 Å². The lowest BCUT2D eigenvalue weighted by Gasteiger charge is -2.08. The summed E-state index contributed by atoms with van der Waals surface area (Å²) < 4.78 is 1.83. The number of halogens is 2. The summed E-state index contributed by atoms with van der Waals surface area (Å²) in [7, 11) is 0. The zero-order chi connectivity index (χ0) is 10.7. The lowest BCUT2D eigenvalue weighted by Crippen LogP contribution is -1.93. The van der Waals surface area contributed by atoms with Gasteiger partial charge < -0.3 is 5.32 Å². The number of aromatic nitrogens is 1. The molecule has 15 heavy (non-hydrogen) atoms. The molecule has 0 radical (unpaired) electrons. The maximum atomic E-state index is 4.14. The number of hydrogen-bond donors (Lipinski definition) is 1. The molecule has 1 aromatic carbocycles. The highest BCUT2D eigenvalue weighted by Gasteiger charge is 2.02. The largest absolute Gasteiger partial charge is 0.352 e. The predicted octanol–water partition coefficient (Wildman–Crippen LogP) is 4.35. The molecule has 0 unspecified atom stereocenters. The highest BCUT2D eigenvalue weighted by molar-refractivity contribution is 9.11. The van der Waals surface area contributed by atoms with Crippen LogP contribution in [0.4, 0.5) is 11.4 Å². The fourth-order valence-electron chi connectivity index (χ4n) is 1.19. The summed E-state index contributed by atoms with van der Waals surface area (Å²) in [6.07, 6.45) is 1.75. The van der Waals surface area contributed by atoms with Gasteiger partial charge in [0.2, 0.25) is 0 Å². The van der Waals surface area contributed by atoms with Crippen LogP contribution in [0.5, 0.6) is 0 Å². The predicted molar refractivity (Wildman–Crippen MR) is 69.4 cm³/mol. The summed E-state index contributed by atoms with van der Waals surface area (Å²) in [4.78, 5) is 4.14. The normalized spacial score (nSPS) is 10.0. The molecule has 0 aliphatic rings. The third-order valence-corrected chi connectivity index (χ3v) is 3.23. The molecule has 2 rings (SSSR count). The van der Waals surface area contributed by atoms with Crippen LogP contribution in [0.1, 0.15) is 0 Å². The van der Waals surface area contributed by atoms with Gasteiger partial charge in [0.1, 0.15) is 4.60 Å². The first kappa shape index (κ1) is 10.6. The number of para-hydroxylation sites is 1. The van der Waals surface area contributed by atoms with E-state index in [1.807, 2.05) is 36.4 Å². The van der Waals surface area contributed by atoms with Gasteiger partial charge in [-0.1, -0.05) is 12.1 Å². The second kappa shape index (κ2) is 4.77. The zero-order valence-corrected chi connectivity index (χ0v) is 10.9. The van der Waals surface area contributed by atoms with E-state index in [-0.39, 0.29) is 0 Å². The van der Waals surface area contributed by atoms with Crippen LogP contribution in [0.3, 0.4) is 0 Å². The fourth-order valence-corrected chi connectivity index (χ4v) is 1.92. The summed E-state index contributed by atoms with van der Waals surface area (Å²) in [5.74, 6) is 0. The van der Waals surface area contributed by atoms with E-state index >= 15 is 0 Å². The monoisotopic (exact) mass is 326 g/mol. The minimum absolute atomic E-state index is 0.806. The van der Waals surface area contributed by atoms with E-state index in [1.165, 1.54) is 0 Å². The van der Waals surface area contributed by atoms with E-state index in [0.717, 1.165) is 20.5 Å². The third-order valence-electron chi connectivity index (χ3n) is 1.90. The van der Waals surface area contributed by atoms with Gasteiger partial charge in [0.05, 0.1) is 11.4 Å². The van der Waals surface area contributed by atoms with Gasteiger partial charge in [0, 0.05) is 10.7 Å². The Bertz CT molecular complexity index is 428. The standard InChI is InChI=1S/C11H8Br2N2/c12-8-4-1-2-5-9(8)15-10-6-3-7-14-11(10)13/h1-7,15H. The van der Waals surface area contributed by atoms with Crippen LogP contribution < -0.4 is 5.32 Å². The molecular formula is C11H8Br2N2. The van der Waals surface area contributed by atoms with Crippen LogP contribution in [-0.4, -0.2) is 4.98 Å². The molecule has 0 atom stereocenters. The van der Waals surface area contributed by atoms with Crippen LogP contribution in [-0.2, 0) is 0 Å². The quantitative estimate of drug-likeness (QED) is 0.829. The van der Waals surface area contributed by atoms with E-state index in [2.05, 4.69) is 42.2 Å². The van der Waals surface area contributed by atoms with Crippen LogP contribution >= 0.6 is 31.9 Å². The number of rotatable bonds is 2. The van der Waals surface area contributed by atoms with Crippen LogP contribution in [0.25, 0.3) is 0 Å². The molecule has 0 aliphatic carbocycles. The number of nitrogens with one attached hydrogen (secondary N) is 1. The lowest BCUT2D eigenvalue weighted by molar-refractivity contribution is 1.27. The highest BCUT2D eigenvalue weighted by atomic mass is 79.9. The van der Waals surface area contributed by atoms with E-state index in [9.17, 15) is 0 Å². The number of nitrogens with zero attached hydrogens (tertiary/aromatic N) is 1. The Hall–Kier alpha value is -0.870. The summed E-state index contributed by atoms with van der Waals surface area (Å²) in [5, 5.41) is 3.28. The Labute approximate surface area is 105 Å². The Morgan fingerprint density at radius 2 is 1.67 bits per heavy atom. The van der Waals surface area contributed by atoms with Gasteiger partial charge in [-0.2, -0.15) is 0 Å². The van der Waals surface area contributed by atoms with Gasteiger partial charge in [-0.25, -0.2) is 4.98 Å². The van der Waals surface area contributed by atoms with Crippen molar-refractivity contribution in [1.82, 2.24) is 4.98 Å². The van der Waals surface area contributed by atoms with Gasteiger partial charge in [-0.3, -0.25) is 0 Å². The Morgan fingerprint density at radius 1 is 0.933 bits per heavy atom. The first-order valence-electron chi connectivity index (χ1n) is 4.39. The molecule has 1 aromatic heterocycles. The van der Waals surface area contributed by atoms with Crippen molar-refractivity contribution in [1.29, 1.82) is 0 Å². The molecule has 2 nitrogen and oxygen atoms in total. The van der Waals surface area contributed by atoms with Crippen molar-refractivity contribution < 1.29 is 0 Å². The van der Waals surface area contributed by atoms with E-state index in [4.69, 9.17) is 0 Å². The van der Waals surface area contributed by atoms with Crippen molar-refractivity contribution in [2.45, 2.75) is 0 Å². The second-order valence-corrected chi connectivity index (χ2v) is 4.55. The molecule has 76 valence electrons. The molecule has 0 bridgehead atoms. The van der Waals surface area contributed by atoms with Gasteiger partial charge in [-0.15, -0.1) is 0 Å². The summed E-state index contributed by atoms with van der Waals surface area (Å²) in [5.41, 5.74) is 1.97. The summed E-state index contributed by atoms with van der Waals surface area (Å²) >= 11 is 6.87. The number of hydrogen-bond acceptors (Lipinski definition) is 2. The minimum atomic E-state index is 0.806. The summed E-state index contributed by atoms with van der Waals surface area (Å²) in [6, 6.07) is 11.8. The van der Waals surface area contributed by atoms with Crippen molar-refractivity contribution in [3.05, 3.63) is 51.7 Å². The van der Waals surface area contributed by atoms with Crippen molar-refractivity contribution in [2.24, 2.45) is 0 Å². The minimum Gasteiger partial charge on any atom is -0.352 e. The van der Waals surface area contributed by atoms with Crippen molar-refractivity contribution in [3.8, 4) is 0 Å². The molecule has 4 heteroatoms. The average Bonchev–Trinajstić information content (AvgIpc) is 2.24. The SMILES string of the molecule is Brc1ccccc1Nc1cccnc1Br. The van der Waals surface area contributed by atoms with Crippen molar-refractivity contribution >= 4 is 43.2 Å². The first-order valence-corrected chi connectivity index (χ1v) is 5.98. The first-order chi connectivity index (χ1) is 7.27. The number of benzene rings is 1. The highest BCUT2D eigenvalue weighted by Crippen LogP contribution is 2.28. The van der Waals surface area contributed by atoms with E-state index in [1.54, 1.807) is 6.20 Å². The molecule has 0 amide bonds. The Kier molecular flexibility index (Phi) is 3.38. The van der Waals surface area contributed by atoms with Crippen molar-refractivity contribution in [3.63, 3.8) is 0 Å². The Morgan fingerprint density at radius 3 is 2.40 bits per heavy atom. The molecule has 2 aromatic rings. The third kappa shape index (κ3) is 2.58. The van der Waals surface area contributed by atoms with Gasteiger partial charge >= 0.3 is 0 Å². The van der Waals surface area contributed by atoms with Gasteiger partial charge in [-0.05, 0) is 56.1 Å². The molecule has 0 fully saturated rings. The maximum absolute atomic E-state index is 4.14. The number of anilines is 2. The Balaban J connectivity index is 2.30.